The van der Waals surface area contributed by atoms with Crippen LogP contribution >= 0.6 is 0 Å². The lowest BCUT2D eigenvalue weighted by atomic mass is 9.95. The van der Waals surface area contributed by atoms with Crippen LogP contribution in [0, 0.1) is 0 Å². The van der Waals surface area contributed by atoms with E-state index in [0.717, 1.165) is 31.2 Å². The zero-order valence-electron chi connectivity index (χ0n) is 55.3. The highest BCUT2D eigenvalue weighted by atomic mass is 16.8. The third kappa shape index (κ3) is 19.2. The number of benzene rings is 4. The van der Waals surface area contributed by atoms with Crippen molar-refractivity contribution in [2.45, 2.75) is 161 Å². The summed E-state index contributed by atoms with van der Waals surface area (Å²) in [6.45, 7) is -3.04. The predicted molar refractivity (Wildman–Crippen MR) is 341 cm³/mol. The van der Waals surface area contributed by atoms with Crippen molar-refractivity contribution < 1.29 is 171 Å². The summed E-state index contributed by atoms with van der Waals surface area (Å²) in [5.74, 6) is -9.22. The van der Waals surface area contributed by atoms with Crippen molar-refractivity contribution in [3.63, 3.8) is 0 Å². The van der Waals surface area contributed by atoms with Crippen LogP contribution in [0.3, 0.4) is 0 Å². The van der Waals surface area contributed by atoms with Gasteiger partial charge in [0.2, 0.25) is 12.1 Å². The zero-order chi connectivity index (χ0) is 74.6. The Labute approximate surface area is 585 Å². The Morgan fingerprint density at radius 2 is 1.02 bits per heavy atom. The molecule has 0 spiro atoms. The molecule has 0 radical (unpaired) electrons. The Morgan fingerprint density at radius 1 is 0.485 bits per heavy atom. The van der Waals surface area contributed by atoms with Gasteiger partial charge < -0.3 is 147 Å². The molecule has 0 aliphatic carbocycles. The maximum Gasteiger partial charge on any atom is 0.338 e. The number of phenols is 2. The molecule has 14 N–H and O–H groups in total. The van der Waals surface area contributed by atoms with Gasteiger partial charge in [-0.25, -0.2) is 19.2 Å². The normalized spacial score (nSPS) is 33.8. The molecule has 24 unspecified atom stereocenters. The van der Waals surface area contributed by atoms with E-state index in [4.69, 9.17) is 75.8 Å². The highest BCUT2D eigenvalue weighted by Gasteiger charge is 2.64. The van der Waals surface area contributed by atoms with E-state index in [1.807, 2.05) is 0 Å². The van der Waals surface area contributed by atoms with E-state index in [2.05, 4.69) is 0 Å². The largest absolute Gasteiger partial charge is 0.508 e. The number of methoxy groups -OCH3 is 2. The smallest absolute Gasteiger partial charge is 0.338 e. The molecular weight excluding hydrogens is 1380 g/mol. The van der Waals surface area contributed by atoms with E-state index < -0.39 is 210 Å². The minimum absolute atomic E-state index is 0.0355. The van der Waals surface area contributed by atoms with Crippen LogP contribution in [0.1, 0.15) is 40.9 Å². The number of aliphatic hydroxyl groups excluding tert-OH is 12. The molecule has 4 aromatic rings. The fraction of sp³-hybridized carbons (Fsp3) is 0.485. The molecule has 5 saturated heterocycles. The highest BCUT2D eigenvalue weighted by molar-refractivity contribution is 5.90. The SMILES string of the molecule is COc1cc(C=CC(=O)OCC2OC(OC3C(OC(=O)C=Cc4ccc(OC5OC(C)C(O)C(O)C5O)c(OC)c4)C(COC(C)=O)OC(OC4(COC(=O)C=Cc5ccc(O)cc5)OC(CO)C(O)C4OC(=O)c4ccccc4)C3OC3OC(CO)C(O)C(O)C3O)C(O)C(O)C2O)ccc1O. The monoisotopic (exact) mass is 1460 g/mol. The van der Waals surface area contributed by atoms with E-state index in [0.29, 0.717) is 11.1 Å². The number of hydrogen-bond acceptors (Lipinski definition) is 35. The Hall–Kier alpha value is -8.35. The third-order valence-electron chi connectivity index (χ3n) is 17.0. The first kappa shape index (κ1) is 78.8. The van der Waals surface area contributed by atoms with Gasteiger partial charge in [0, 0.05) is 25.2 Å². The number of ether oxygens (including phenoxy) is 16. The van der Waals surface area contributed by atoms with E-state index in [1.165, 1.54) is 118 Å². The second-order valence-electron chi connectivity index (χ2n) is 24.1. The molecule has 4 aromatic carbocycles. The van der Waals surface area contributed by atoms with Crippen LogP contribution in [0.15, 0.2) is 109 Å². The van der Waals surface area contributed by atoms with Crippen molar-refractivity contribution in [1.29, 1.82) is 0 Å². The predicted octanol–water partition coefficient (Wildman–Crippen LogP) is -2.88. The molecule has 0 aromatic heterocycles. The van der Waals surface area contributed by atoms with Gasteiger partial charge in [0.15, 0.2) is 54.1 Å². The van der Waals surface area contributed by atoms with Gasteiger partial charge in [-0.05, 0) is 90.4 Å². The first-order valence-electron chi connectivity index (χ1n) is 32.0. The molecule has 24 atom stereocenters. The van der Waals surface area contributed by atoms with Crippen molar-refractivity contribution in [2.75, 3.05) is 47.3 Å². The number of aliphatic hydroxyl groups is 12. The van der Waals surface area contributed by atoms with Crippen molar-refractivity contribution >= 4 is 48.1 Å². The molecule has 0 amide bonds. The standard InChI is InChI=1S/C68H80O35/c1-31-49(77)53(81)56(84)64(93-31)94-39-20-13-35(25-41(39)89-4)16-23-48(76)98-59-45(29-90-32(2)71)97-67(103-68(30-92-47(75)21-14-33-10-17-37(72)18-11-33)62(52(80)43(27-70)102-68)101-63(87)36-8-6-5-7-9-36)61(100-65-57(85)54(82)50(78)42(26-69)95-65)60(59)99-66-58(86)55(83)51(79)44(96-66)28-91-46(74)22-15-34-12-19-38(73)40(24-34)88-3/h5-25,31,42-45,49-62,64-67,69-70,72-73,77-86H,26-30H2,1-4H3. The average molecular weight is 1460 g/mol. The fourth-order valence-electron chi connectivity index (χ4n) is 11.4. The van der Waals surface area contributed by atoms with Crippen molar-refractivity contribution in [2.24, 2.45) is 0 Å². The summed E-state index contributed by atoms with van der Waals surface area (Å²) in [6, 6.07) is 20.7. The van der Waals surface area contributed by atoms with Gasteiger partial charge in [-0.3, -0.25) is 4.79 Å². The second-order valence-corrected chi connectivity index (χ2v) is 24.1. The molecule has 5 aliphatic heterocycles. The lowest BCUT2D eigenvalue weighted by Crippen LogP contribution is -2.69. The second kappa shape index (κ2) is 35.4. The summed E-state index contributed by atoms with van der Waals surface area (Å²) in [7, 11) is 2.53. The quantitative estimate of drug-likeness (QED) is 0.0162. The van der Waals surface area contributed by atoms with Gasteiger partial charge in [-0.1, -0.05) is 42.5 Å². The van der Waals surface area contributed by atoms with Crippen LogP contribution < -0.4 is 14.2 Å². The fourth-order valence-corrected chi connectivity index (χ4v) is 11.4. The third-order valence-corrected chi connectivity index (χ3v) is 17.0. The van der Waals surface area contributed by atoms with Crippen LogP contribution in [0.4, 0.5) is 0 Å². The molecule has 103 heavy (non-hydrogen) atoms. The Morgan fingerprint density at radius 3 is 1.65 bits per heavy atom. The highest BCUT2D eigenvalue weighted by Crippen LogP contribution is 2.43. The molecular formula is C68H80O35. The van der Waals surface area contributed by atoms with Crippen molar-refractivity contribution in [1.82, 2.24) is 0 Å². The van der Waals surface area contributed by atoms with Gasteiger partial charge in [0.05, 0.1) is 39.1 Å². The first-order valence-corrected chi connectivity index (χ1v) is 32.0. The van der Waals surface area contributed by atoms with Gasteiger partial charge >= 0.3 is 29.8 Å². The number of phenolic OH excluding ortho intramolecular Hbond substituents is 2. The molecule has 35 heteroatoms. The minimum Gasteiger partial charge on any atom is -0.508 e. The van der Waals surface area contributed by atoms with Crippen LogP contribution in [-0.2, 0) is 80.8 Å². The number of carbonyl (C=O) groups is 5. The summed E-state index contributed by atoms with van der Waals surface area (Å²) in [5.41, 5.74) is 0.715. The van der Waals surface area contributed by atoms with Crippen LogP contribution in [0.2, 0.25) is 0 Å². The van der Waals surface area contributed by atoms with E-state index in [-0.39, 0.29) is 39.9 Å². The maximum atomic E-state index is 14.7. The lowest BCUT2D eigenvalue weighted by Gasteiger charge is -2.50. The maximum absolute atomic E-state index is 14.7. The van der Waals surface area contributed by atoms with Gasteiger partial charge in [-0.15, -0.1) is 0 Å². The van der Waals surface area contributed by atoms with E-state index >= 15 is 0 Å². The molecule has 562 valence electrons. The minimum atomic E-state index is -3.00. The van der Waals surface area contributed by atoms with Crippen LogP contribution in [0.25, 0.3) is 18.2 Å². The molecule has 5 heterocycles. The topological polar surface area (TPSA) is 516 Å². The summed E-state index contributed by atoms with van der Waals surface area (Å²) in [4.78, 5) is 68.8. The molecule has 9 rings (SSSR count). The molecule has 0 bridgehead atoms. The molecule has 35 nitrogen and oxygen atoms in total. The van der Waals surface area contributed by atoms with Gasteiger partial charge in [0.25, 0.3) is 0 Å². The average Bonchev–Trinajstić information content (AvgIpc) is 1.69. The Kier molecular flexibility index (Phi) is 27.1. The zero-order valence-corrected chi connectivity index (χ0v) is 55.3. The molecule has 0 saturated carbocycles. The summed E-state index contributed by atoms with van der Waals surface area (Å²) in [5, 5.41) is 153. The van der Waals surface area contributed by atoms with Crippen LogP contribution in [-0.4, -0.2) is 296 Å². The van der Waals surface area contributed by atoms with Gasteiger partial charge in [0.1, 0.15) is 123 Å². The lowest BCUT2D eigenvalue weighted by molar-refractivity contribution is -0.421. The van der Waals surface area contributed by atoms with E-state index in [1.54, 1.807) is 6.07 Å². The first-order chi connectivity index (χ1) is 49.2. The van der Waals surface area contributed by atoms with E-state index in [9.17, 15) is 95.5 Å². The molecule has 5 aliphatic rings. The van der Waals surface area contributed by atoms with Crippen molar-refractivity contribution in [3.8, 4) is 28.7 Å². The number of hydrogen-bond donors (Lipinski definition) is 14. The summed E-state index contributed by atoms with van der Waals surface area (Å²) < 4.78 is 94.8. The molecule has 5 fully saturated rings. The van der Waals surface area contributed by atoms with Gasteiger partial charge in [-0.2, -0.15) is 0 Å². The Balaban J connectivity index is 1.14. The van der Waals surface area contributed by atoms with Crippen molar-refractivity contribution in [3.05, 3.63) is 131 Å². The number of rotatable bonds is 27. The number of carbonyl (C=O) groups excluding carboxylic acids is 5. The number of aromatic hydroxyl groups is 2. The summed E-state index contributed by atoms with van der Waals surface area (Å²) in [6.07, 6.45) is -40.7. The Bertz CT molecular complexity index is 3590. The summed E-state index contributed by atoms with van der Waals surface area (Å²) >= 11 is 0. The van der Waals surface area contributed by atoms with Crippen LogP contribution in [0.5, 0.6) is 28.7 Å². The number of esters is 5.